The van der Waals surface area contributed by atoms with Crippen LogP contribution in [-0.4, -0.2) is 20.5 Å². The number of aliphatic carboxylic acids is 1. The van der Waals surface area contributed by atoms with Crippen LogP contribution in [0.5, 0.6) is 0 Å². The van der Waals surface area contributed by atoms with Crippen LogP contribution in [0.1, 0.15) is 12.2 Å². The zero-order chi connectivity index (χ0) is 11.7. The van der Waals surface area contributed by atoms with Crippen LogP contribution < -0.4 is 0 Å². The van der Waals surface area contributed by atoms with Crippen LogP contribution in [0.15, 0.2) is 18.2 Å². The minimum atomic E-state index is -0.954. The molecule has 2 rings (SSSR count). The summed E-state index contributed by atoms with van der Waals surface area (Å²) in [5, 5.41) is 8.74. The van der Waals surface area contributed by atoms with E-state index < -0.39 is 11.9 Å². The molecule has 2 aromatic heterocycles. The first-order valence-electron chi connectivity index (χ1n) is 4.62. The average molecular weight is 243 g/mol. The summed E-state index contributed by atoms with van der Waals surface area (Å²) < 4.78 is 14.7. The van der Waals surface area contributed by atoms with Crippen molar-refractivity contribution < 1.29 is 14.3 Å². The van der Waals surface area contributed by atoms with Crippen molar-refractivity contribution in [3.8, 4) is 0 Å². The molecule has 0 bridgehead atoms. The molecule has 0 fully saturated rings. The third-order valence-corrected chi connectivity index (χ3v) is 2.48. The maximum Gasteiger partial charge on any atom is 0.303 e. The molecule has 0 saturated carbocycles. The maximum absolute atomic E-state index is 13.5. The van der Waals surface area contributed by atoms with Crippen LogP contribution >= 0.6 is 11.6 Å². The zero-order valence-corrected chi connectivity index (χ0v) is 8.91. The quantitative estimate of drug-likeness (QED) is 0.839. The summed E-state index contributed by atoms with van der Waals surface area (Å²) in [6.07, 6.45) is 0.0356. The number of carbonyl (C=O) groups is 1. The lowest BCUT2D eigenvalue weighted by atomic mass is 10.3. The molecule has 84 valence electrons. The van der Waals surface area contributed by atoms with Crippen LogP contribution in [0, 0.1) is 5.95 Å². The average Bonchev–Trinajstić information content (AvgIpc) is 2.55. The molecule has 2 aromatic rings. The Kier molecular flexibility index (Phi) is 2.78. The van der Waals surface area contributed by atoms with Gasteiger partial charge < -0.3 is 5.11 Å². The van der Waals surface area contributed by atoms with E-state index in [1.807, 2.05) is 0 Å². The molecule has 4 nitrogen and oxygen atoms in total. The smallest absolute Gasteiger partial charge is 0.303 e. The zero-order valence-electron chi connectivity index (χ0n) is 8.15. The SMILES string of the molecule is O=C(O)CCc1nc(Cl)c2cccc(F)n12. The fourth-order valence-electron chi connectivity index (χ4n) is 1.51. The number of nitrogens with zero attached hydrogens (tertiary/aromatic N) is 2. The van der Waals surface area contributed by atoms with Gasteiger partial charge in [0.15, 0.2) is 11.1 Å². The van der Waals surface area contributed by atoms with E-state index in [9.17, 15) is 9.18 Å². The first kappa shape index (κ1) is 10.9. The monoisotopic (exact) mass is 242 g/mol. The highest BCUT2D eigenvalue weighted by molar-refractivity contribution is 6.32. The van der Waals surface area contributed by atoms with Gasteiger partial charge in [-0.1, -0.05) is 17.7 Å². The normalized spacial score (nSPS) is 10.9. The van der Waals surface area contributed by atoms with Crippen molar-refractivity contribution in [3.05, 3.63) is 35.1 Å². The van der Waals surface area contributed by atoms with Gasteiger partial charge in [0, 0.05) is 6.42 Å². The number of carboxylic acids is 1. The van der Waals surface area contributed by atoms with E-state index in [-0.39, 0.29) is 18.0 Å². The number of fused-ring (bicyclic) bond motifs is 1. The molecule has 0 radical (unpaired) electrons. The predicted octanol–water partition coefficient (Wildman–Crippen LogP) is 2.14. The largest absolute Gasteiger partial charge is 0.481 e. The second-order valence-corrected chi connectivity index (χ2v) is 3.64. The molecule has 0 amide bonds. The number of aryl methyl sites for hydroxylation is 1. The number of rotatable bonds is 3. The van der Waals surface area contributed by atoms with Crippen LogP contribution in [0.25, 0.3) is 5.52 Å². The first-order valence-corrected chi connectivity index (χ1v) is 5.00. The third-order valence-electron chi connectivity index (χ3n) is 2.20. The summed E-state index contributed by atoms with van der Waals surface area (Å²) in [5.41, 5.74) is 0.446. The Morgan fingerprint density at radius 2 is 2.31 bits per heavy atom. The molecule has 0 spiro atoms. The van der Waals surface area contributed by atoms with Gasteiger partial charge in [-0.05, 0) is 12.1 Å². The predicted molar refractivity (Wildman–Crippen MR) is 56.1 cm³/mol. The number of hydrogen-bond donors (Lipinski definition) is 1. The lowest BCUT2D eigenvalue weighted by Crippen LogP contribution is -2.03. The van der Waals surface area contributed by atoms with Gasteiger partial charge in [-0.25, -0.2) is 4.98 Å². The molecule has 0 aromatic carbocycles. The summed E-state index contributed by atoms with van der Waals surface area (Å²) in [6, 6.07) is 4.43. The molecule has 6 heteroatoms. The molecular weight excluding hydrogens is 235 g/mol. The van der Waals surface area contributed by atoms with E-state index in [0.717, 1.165) is 0 Å². The summed E-state index contributed by atoms with van der Waals surface area (Å²) in [7, 11) is 0. The van der Waals surface area contributed by atoms with Crippen LogP contribution in [0.2, 0.25) is 5.15 Å². The molecule has 1 N–H and O–H groups in total. The lowest BCUT2D eigenvalue weighted by Gasteiger charge is -2.00. The van der Waals surface area contributed by atoms with E-state index in [0.29, 0.717) is 11.3 Å². The number of halogens is 2. The number of aromatic nitrogens is 2. The number of hydrogen-bond acceptors (Lipinski definition) is 2. The van der Waals surface area contributed by atoms with Gasteiger partial charge in [0.1, 0.15) is 5.82 Å². The molecule has 0 atom stereocenters. The van der Waals surface area contributed by atoms with E-state index >= 15 is 0 Å². The van der Waals surface area contributed by atoms with Crippen LogP contribution in [0.3, 0.4) is 0 Å². The van der Waals surface area contributed by atoms with E-state index in [4.69, 9.17) is 16.7 Å². The van der Waals surface area contributed by atoms with Gasteiger partial charge in [0.25, 0.3) is 0 Å². The van der Waals surface area contributed by atoms with E-state index in [1.165, 1.54) is 16.5 Å². The standard InChI is InChI=1S/C10H8ClFN2O2/c11-10-6-2-1-3-7(12)14(6)8(13-10)4-5-9(15)16/h1-3H,4-5H2,(H,15,16). The Bertz CT molecular complexity index is 553. The minimum absolute atomic E-state index is 0.107. The number of pyridine rings is 1. The molecule has 2 heterocycles. The van der Waals surface area contributed by atoms with Gasteiger partial charge >= 0.3 is 5.97 Å². The van der Waals surface area contributed by atoms with Gasteiger partial charge in [-0.3, -0.25) is 9.20 Å². The van der Waals surface area contributed by atoms with Gasteiger partial charge in [0.05, 0.1) is 11.9 Å². The topological polar surface area (TPSA) is 54.6 Å². The van der Waals surface area contributed by atoms with Crippen molar-refractivity contribution in [1.29, 1.82) is 0 Å². The van der Waals surface area contributed by atoms with Crippen molar-refractivity contribution in [2.45, 2.75) is 12.8 Å². The summed E-state index contributed by atoms with van der Waals surface area (Å²) in [6.45, 7) is 0. The van der Waals surface area contributed by atoms with Crippen molar-refractivity contribution >= 4 is 23.1 Å². The Morgan fingerprint density at radius 3 is 3.00 bits per heavy atom. The number of carboxylic acid groups (broad SMARTS) is 1. The highest BCUT2D eigenvalue weighted by Gasteiger charge is 2.13. The first-order chi connectivity index (χ1) is 7.59. The third kappa shape index (κ3) is 1.86. The summed E-state index contributed by atoms with van der Waals surface area (Å²) in [4.78, 5) is 14.4. The van der Waals surface area contributed by atoms with Gasteiger partial charge in [0.2, 0.25) is 0 Å². The molecule has 16 heavy (non-hydrogen) atoms. The maximum atomic E-state index is 13.5. The second kappa shape index (κ2) is 4.09. The van der Waals surface area contributed by atoms with Gasteiger partial charge in [-0.2, -0.15) is 4.39 Å². The molecule has 0 aliphatic heterocycles. The lowest BCUT2D eigenvalue weighted by molar-refractivity contribution is -0.137. The molecular formula is C10H8ClFN2O2. The van der Waals surface area contributed by atoms with E-state index in [1.54, 1.807) is 6.07 Å². The Labute approximate surface area is 95.3 Å². The van der Waals surface area contributed by atoms with Crippen molar-refractivity contribution in [1.82, 2.24) is 9.38 Å². The van der Waals surface area contributed by atoms with Crippen LogP contribution in [0.4, 0.5) is 4.39 Å². The summed E-state index contributed by atoms with van der Waals surface area (Å²) in [5.74, 6) is -1.14. The summed E-state index contributed by atoms with van der Waals surface area (Å²) >= 11 is 5.82. The molecule has 0 unspecified atom stereocenters. The van der Waals surface area contributed by atoms with E-state index in [2.05, 4.69) is 4.98 Å². The van der Waals surface area contributed by atoms with Gasteiger partial charge in [-0.15, -0.1) is 0 Å². The Balaban J connectivity index is 2.49. The fraction of sp³-hybridized carbons (Fsp3) is 0.200. The minimum Gasteiger partial charge on any atom is -0.481 e. The highest BCUT2D eigenvalue weighted by atomic mass is 35.5. The van der Waals surface area contributed by atoms with Crippen molar-refractivity contribution in [2.24, 2.45) is 0 Å². The Morgan fingerprint density at radius 1 is 1.56 bits per heavy atom. The number of imidazole rings is 1. The van der Waals surface area contributed by atoms with Crippen molar-refractivity contribution in [3.63, 3.8) is 0 Å². The molecule has 0 saturated heterocycles. The molecule has 0 aliphatic rings. The second-order valence-electron chi connectivity index (χ2n) is 3.28. The van der Waals surface area contributed by atoms with Crippen molar-refractivity contribution in [2.75, 3.05) is 0 Å². The van der Waals surface area contributed by atoms with Crippen LogP contribution in [-0.2, 0) is 11.2 Å². The Hall–Kier alpha value is -1.62. The molecule has 0 aliphatic carbocycles. The fourth-order valence-corrected chi connectivity index (χ4v) is 1.76. The highest BCUT2D eigenvalue weighted by Crippen LogP contribution is 2.20.